The quantitative estimate of drug-likeness (QED) is 0.104. The standard InChI is InChI=1S/C49H50S2/c1-3-27-49(28-4-2)47-33-43(39-19-15-37(16-20-39)41-13-5-9-35(31-41)11-7-29-50)23-25-45(47)46-26-24-44(34-48(46)49)40-21-17-38(18-22-40)42-14-6-10-36(32-42)12-8-30-51/h5-6,9-10,13-26,31-34,50-51H,3-4,7-8,11-12,27-30H2,1-2H3. The van der Waals surface area contributed by atoms with E-state index in [1.54, 1.807) is 0 Å². The first-order chi connectivity index (χ1) is 25.1. The second-order valence-electron chi connectivity index (χ2n) is 14.3. The van der Waals surface area contributed by atoms with E-state index in [9.17, 15) is 0 Å². The normalized spacial score (nSPS) is 12.9. The zero-order valence-electron chi connectivity index (χ0n) is 30.2. The van der Waals surface area contributed by atoms with Crippen LogP contribution in [0.5, 0.6) is 0 Å². The summed E-state index contributed by atoms with van der Waals surface area (Å²) in [7, 11) is 0. The summed E-state index contributed by atoms with van der Waals surface area (Å²) in [6.45, 7) is 4.70. The lowest BCUT2D eigenvalue weighted by Gasteiger charge is -2.32. The summed E-state index contributed by atoms with van der Waals surface area (Å²) in [5.74, 6) is 1.84. The summed E-state index contributed by atoms with van der Waals surface area (Å²) < 4.78 is 0. The van der Waals surface area contributed by atoms with Crippen LogP contribution in [0.2, 0.25) is 0 Å². The van der Waals surface area contributed by atoms with Gasteiger partial charge in [-0.05, 0) is 140 Å². The summed E-state index contributed by atoms with van der Waals surface area (Å²) in [5.41, 5.74) is 18.9. The minimum atomic E-state index is 0.0149. The maximum Gasteiger partial charge on any atom is 0.0215 e. The highest BCUT2D eigenvalue weighted by atomic mass is 32.1. The van der Waals surface area contributed by atoms with Gasteiger partial charge in [0.05, 0.1) is 0 Å². The predicted molar refractivity (Wildman–Crippen MR) is 229 cm³/mol. The molecule has 0 N–H and O–H groups in total. The van der Waals surface area contributed by atoms with E-state index < -0.39 is 0 Å². The van der Waals surface area contributed by atoms with Crippen LogP contribution in [0.25, 0.3) is 55.6 Å². The molecule has 1 aliphatic carbocycles. The molecule has 0 aliphatic heterocycles. The molecule has 51 heavy (non-hydrogen) atoms. The fourth-order valence-corrected chi connectivity index (χ4v) is 8.78. The average Bonchev–Trinajstić information content (AvgIpc) is 3.44. The number of hydrogen-bond donors (Lipinski definition) is 2. The number of hydrogen-bond acceptors (Lipinski definition) is 2. The van der Waals surface area contributed by atoms with E-state index in [2.05, 4.69) is 173 Å². The fourth-order valence-electron chi connectivity index (χ4n) is 8.46. The van der Waals surface area contributed by atoms with Gasteiger partial charge in [-0.1, -0.05) is 148 Å². The molecule has 0 unspecified atom stereocenters. The number of rotatable bonds is 14. The number of aryl methyl sites for hydroxylation is 2. The lowest BCUT2D eigenvalue weighted by molar-refractivity contribution is 0.436. The molecule has 0 amide bonds. The second-order valence-corrected chi connectivity index (χ2v) is 15.2. The first-order valence-corrected chi connectivity index (χ1v) is 20.2. The van der Waals surface area contributed by atoms with Gasteiger partial charge < -0.3 is 0 Å². The molecule has 1 aliphatic rings. The van der Waals surface area contributed by atoms with E-state index in [4.69, 9.17) is 0 Å². The van der Waals surface area contributed by atoms with Crippen LogP contribution in [0, 0.1) is 0 Å². The molecular weight excluding hydrogens is 653 g/mol. The van der Waals surface area contributed by atoms with E-state index in [-0.39, 0.29) is 5.41 Å². The van der Waals surface area contributed by atoms with Crippen LogP contribution >= 0.6 is 25.3 Å². The third-order valence-corrected chi connectivity index (χ3v) is 11.6. The van der Waals surface area contributed by atoms with Gasteiger partial charge in [0.2, 0.25) is 0 Å². The lowest BCUT2D eigenvalue weighted by atomic mass is 9.71. The van der Waals surface area contributed by atoms with Crippen molar-refractivity contribution >= 4 is 25.3 Å². The van der Waals surface area contributed by atoms with E-state index in [1.165, 1.54) is 77.9 Å². The van der Waals surface area contributed by atoms with Crippen LogP contribution in [-0.4, -0.2) is 11.5 Å². The Labute approximate surface area is 317 Å². The Morgan fingerprint density at radius 1 is 0.412 bits per heavy atom. The van der Waals surface area contributed by atoms with Crippen LogP contribution < -0.4 is 0 Å². The van der Waals surface area contributed by atoms with Crippen LogP contribution in [0.1, 0.15) is 74.6 Å². The summed E-state index contributed by atoms with van der Waals surface area (Å²) >= 11 is 8.81. The molecule has 0 saturated carbocycles. The van der Waals surface area contributed by atoms with E-state index >= 15 is 0 Å². The van der Waals surface area contributed by atoms with Gasteiger partial charge in [0, 0.05) is 5.41 Å². The van der Waals surface area contributed by atoms with Gasteiger partial charge >= 0.3 is 0 Å². The Balaban J connectivity index is 1.20. The largest absolute Gasteiger partial charge is 0.179 e. The maximum absolute atomic E-state index is 4.41. The van der Waals surface area contributed by atoms with Gasteiger partial charge in [-0.15, -0.1) is 0 Å². The maximum atomic E-state index is 4.41. The summed E-state index contributed by atoms with van der Waals surface area (Å²) in [6.07, 6.45) is 8.96. The van der Waals surface area contributed by atoms with Gasteiger partial charge in [-0.25, -0.2) is 0 Å². The fraction of sp³-hybridized carbons (Fsp3) is 0.265. The Morgan fingerprint density at radius 2 is 0.765 bits per heavy atom. The van der Waals surface area contributed by atoms with Crippen molar-refractivity contribution in [1.82, 2.24) is 0 Å². The molecule has 7 rings (SSSR count). The third kappa shape index (κ3) is 7.37. The smallest absolute Gasteiger partial charge is 0.0215 e. The molecule has 0 radical (unpaired) electrons. The van der Waals surface area contributed by atoms with Gasteiger partial charge in [0.25, 0.3) is 0 Å². The average molecular weight is 703 g/mol. The molecule has 258 valence electrons. The Kier molecular flexibility index (Phi) is 11.2. The van der Waals surface area contributed by atoms with Gasteiger partial charge in [-0.2, -0.15) is 25.3 Å². The molecule has 0 aromatic heterocycles. The van der Waals surface area contributed by atoms with Crippen molar-refractivity contribution in [2.45, 2.75) is 70.6 Å². The van der Waals surface area contributed by atoms with Gasteiger partial charge in [-0.3, -0.25) is 0 Å². The number of thiol groups is 2. The SMILES string of the molecule is CCCC1(CCC)c2cc(-c3ccc(-c4cccc(CCCS)c4)cc3)ccc2-c2ccc(-c3ccc(-c4cccc(CCCS)c4)cc3)cc21. The van der Waals surface area contributed by atoms with E-state index in [0.717, 1.165) is 62.9 Å². The third-order valence-electron chi connectivity index (χ3n) is 10.9. The topological polar surface area (TPSA) is 0 Å². The molecule has 0 bridgehead atoms. The molecule has 0 spiro atoms. The number of benzene rings is 6. The molecular formula is C49H50S2. The Hall–Kier alpha value is -3.98. The van der Waals surface area contributed by atoms with Crippen molar-refractivity contribution in [2.75, 3.05) is 11.5 Å². The Bertz CT molecular complexity index is 1940. The summed E-state index contributed by atoms with van der Waals surface area (Å²) in [5, 5.41) is 0. The summed E-state index contributed by atoms with van der Waals surface area (Å²) in [4.78, 5) is 0. The minimum absolute atomic E-state index is 0.0149. The van der Waals surface area contributed by atoms with Crippen molar-refractivity contribution < 1.29 is 0 Å². The number of fused-ring (bicyclic) bond motifs is 3. The highest BCUT2D eigenvalue weighted by Crippen LogP contribution is 2.55. The Morgan fingerprint density at radius 3 is 1.12 bits per heavy atom. The van der Waals surface area contributed by atoms with Crippen LogP contribution in [0.15, 0.2) is 133 Å². The van der Waals surface area contributed by atoms with Crippen molar-refractivity contribution in [1.29, 1.82) is 0 Å². The second kappa shape index (κ2) is 16.1. The first kappa shape index (κ1) is 35.4. The molecule has 0 fully saturated rings. The van der Waals surface area contributed by atoms with Crippen molar-refractivity contribution in [3.8, 4) is 55.6 Å². The predicted octanol–water partition coefficient (Wildman–Crippen LogP) is 13.9. The molecule has 0 saturated heterocycles. The minimum Gasteiger partial charge on any atom is -0.179 e. The highest BCUT2D eigenvalue weighted by Gasteiger charge is 2.42. The van der Waals surface area contributed by atoms with Crippen LogP contribution in [0.3, 0.4) is 0 Å². The lowest BCUT2D eigenvalue weighted by Crippen LogP contribution is -2.25. The molecule has 6 aromatic rings. The molecule has 0 heterocycles. The van der Waals surface area contributed by atoms with Crippen molar-refractivity contribution in [3.63, 3.8) is 0 Å². The zero-order valence-corrected chi connectivity index (χ0v) is 32.0. The van der Waals surface area contributed by atoms with Crippen LogP contribution in [-0.2, 0) is 18.3 Å². The molecule has 0 atom stereocenters. The zero-order chi connectivity index (χ0) is 35.2. The molecule has 0 nitrogen and oxygen atoms in total. The first-order valence-electron chi connectivity index (χ1n) is 19.0. The van der Waals surface area contributed by atoms with Crippen LogP contribution in [0.4, 0.5) is 0 Å². The molecule has 6 aromatic carbocycles. The van der Waals surface area contributed by atoms with Crippen molar-refractivity contribution in [3.05, 3.63) is 156 Å². The molecule has 2 heteroatoms. The van der Waals surface area contributed by atoms with E-state index in [0.29, 0.717) is 0 Å². The monoisotopic (exact) mass is 702 g/mol. The van der Waals surface area contributed by atoms with Gasteiger partial charge in [0.1, 0.15) is 0 Å². The highest BCUT2D eigenvalue weighted by molar-refractivity contribution is 7.80. The van der Waals surface area contributed by atoms with Crippen molar-refractivity contribution in [2.24, 2.45) is 0 Å². The summed E-state index contributed by atoms with van der Waals surface area (Å²) in [6, 6.07) is 50.8. The van der Waals surface area contributed by atoms with E-state index in [1.807, 2.05) is 0 Å². The van der Waals surface area contributed by atoms with Gasteiger partial charge in [0.15, 0.2) is 0 Å².